The smallest absolute Gasteiger partial charge is 0.165 e. The highest BCUT2D eigenvalue weighted by Crippen LogP contribution is 2.50. The Bertz CT molecular complexity index is 3120. The molecule has 0 bridgehead atoms. The van der Waals surface area contributed by atoms with Crippen molar-refractivity contribution >= 4 is 96.7 Å². The summed E-state index contributed by atoms with van der Waals surface area (Å²) in [6.45, 7) is 0. The highest BCUT2D eigenvalue weighted by atomic mass is 32.1. The molecule has 11 aromatic rings. The standard InChI is InChI=1S/C44H25N3S/c1-2-14-28(15-3-1)40-44(46-35-21-11-10-20-34(35)45-40)47-36-25-23-26-12-4-6-16-29(26)38(36)39-32-19-9-8-18-31(32)37-33-24-22-27-13-5-7-17-30(27)42(33)48-43(37)41(39)47/h1-25H. The number of hydrogen-bond acceptors (Lipinski definition) is 3. The third kappa shape index (κ3) is 3.47. The van der Waals surface area contributed by atoms with Gasteiger partial charge in [-0.1, -0.05) is 133 Å². The van der Waals surface area contributed by atoms with Crippen LogP contribution in [0, 0.1) is 0 Å². The van der Waals surface area contributed by atoms with Gasteiger partial charge in [0.1, 0.15) is 5.69 Å². The molecule has 3 heterocycles. The van der Waals surface area contributed by atoms with Crippen molar-refractivity contribution in [3.05, 3.63) is 152 Å². The minimum Gasteiger partial charge on any atom is -0.290 e. The predicted octanol–water partition coefficient (Wildman–Crippen LogP) is 12.2. The van der Waals surface area contributed by atoms with E-state index < -0.39 is 0 Å². The van der Waals surface area contributed by atoms with Crippen LogP contribution in [0.2, 0.25) is 0 Å². The predicted molar refractivity (Wildman–Crippen MR) is 205 cm³/mol. The lowest BCUT2D eigenvalue weighted by molar-refractivity contribution is 1.08. The normalized spacial score (nSPS) is 12.2. The molecule has 0 aliphatic heterocycles. The first-order valence-electron chi connectivity index (χ1n) is 16.3. The Morgan fingerprint density at radius 3 is 1.81 bits per heavy atom. The van der Waals surface area contributed by atoms with Crippen molar-refractivity contribution in [1.29, 1.82) is 0 Å². The van der Waals surface area contributed by atoms with Gasteiger partial charge in [0, 0.05) is 31.8 Å². The summed E-state index contributed by atoms with van der Waals surface area (Å²) >= 11 is 1.90. The van der Waals surface area contributed by atoms with E-state index >= 15 is 0 Å². The molecule has 0 atom stereocenters. The molecule has 0 aliphatic rings. The summed E-state index contributed by atoms with van der Waals surface area (Å²) in [4.78, 5) is 10.8. The minimum absolute atomic E-state index is 0.842. The van der Waals surface area contributed by atoms with Gasteiger partial charge >= 0.3 is 0 Å². The summed E-state index contributed by atoms with van der Waals surface area (Å²) in [6, 6.07) is 54.3. The van der Waals surface area contributed by atoms with Crippen molar-refractivity contribution in [2.45, 2.75) is 0 Å². The molecule has 0 amide bonds. The number of benzene rings is 8. The Labute approximate surface area is 278 Å². The molecule has 3 nitrogen and oxygen atoms in total. The first kappa shape index (κ1) is 26.0. The van der Waals surface area contributed by atoms with Crippen LogP contribution in [0.1, 0.15) is 0 Å². The fraction of sp³-hybridized carbons (Fsp3) is 0. The number of aromatic nitrogens is 3. The number of hydrogen-bond donors (Lipinski definition) is 0. The Hall–Kier alpha value is -6.10. The van der Waals surface area contributed by atoms with Gasteiger partial charge in [0.25, 0.3) is 0 Å². The maximum atomic E-state index is 5.47. The lowest BCUT2D eigenvalue weighted by atomic mass is 9.96. The van der Waals surface area contributed by atoms with Crippen molar-refractivity contribution in [2.75, 3.05) is 0 Å². The quantitative estimate of drug-likeness (QED) is 0.191. The number of para-hydroxylation sites is 2. The van der Waals surface area contributed by atoms with E-state index in [0.717, 1.165) is 33.6 Å². The summed E-state index contributed by atoms with van der Waals surface area (Å²) in [5, 5.41) is 12.6. The van der Waals surface area contributed by atoms with Crippen molar-refractivity contribution in [3.8, 4) is 17.1 Å². The average Bonchev–Trinajstić information content (AvgIpc) is 3.72. The van der Waals surface area contributed by atoms with E-state index in [9.17, 15) is 0 Å². The van der Waals surface area contributed by atoms with E-state index in [1.54, 1.807) is 0 Å². The molecule has 0 aliphatic carbocycles. The number of thiophene rings is 1. The number of fused-ring (bicyclic) bond motifs is 15. The largest absolute Gasteiger partial charge is 0.290 e. The summed E-state index contributed by atoms with van der Waals surface area (Å²) < 4.78 is 5.00. The second-order valence-corrected chi connectivity index (χ2v) is 13.5. The summed E-state index contributed by atoms with van der Waals surface area (Å²) in [7, 11) is 0. The van der Waals surface area contributed by atoms with Crippen molar-refractivity contribution in [2.24, 2.45) is 0 Å². The average molecular weight is 628 g/mol. The molecule has 0 unspecified atom stereocenters. The number of nitrogens with zero attached hydrogens (tertiary/aromatic N) is 3. The highest BCUT2D eigenvalue weighted by molar-refractivity contribution is 7.27. The van der Waals surface area contributed by atoms with Crippen LogP contribution in [0.3, 0.4) is 0 Å². The highest BCUT2D eigenvalue weighted by Gasteiger charge is 2.26. The van der Waals surface area contributed by atoms with E-state index in [4.69, 9.17) is 9.97 Å². The lowest BCUT2D eigenvalue weighted by Gasteiger charge is -2.14. The Morgan fingerprint density at radius 2 is 1.02 bits per heavy atom. The molecule has 3 aromatic heterocycles. The molecular formula is C44H25N3S. The Kier molecular flexibility index (Phi) is 5.26. The molecule has 222 valence electrons. The summed E-state index contributed by atoms with van der Waals surface area (Å²) in [5.74, 6) is 0.842. The van der Waals surface area contributed by atoms with Gasteiger partial charge in [0.05, 0.1) is 26.8 Å². The molecule has 8 aromatic carbocycles. The van der Waals surface area contributed by atoms with Gasteiger partial charge < -0.3 is 0 Å². The van der Waals surface area contributed by atoms with Crippen LogP contribution >= 0.6 is 11.3 Å². The Morgan fingerprint density at radius 1 is 0.417 bits per heavy atom. The van der Waals surface area contributed by atoms with E-state index in [2.05, 4.69) is 144 Å². The molecule has 11 rings (SSSR count). The van der Waals surface area contributed by atoms with Crippen LogP contribution in [-0.2, 0) is 0 Å². The fourth-order valence-electron chi connectivity index (χ4n) is 7.87. The third-order valence-electron chi connectivity index (χ3n) is 9.93. The first-order chi connectivity index (χ1) is 23.8. The van der Waals surface area contributed by atoms with Crippen LogP contribution in [0.5, 0.6) is 0 Å². The molecule has 4 heteroatoms. The fourth-order valence-corrected chi connectivity index (χ4v) is 9.26. The van der Waals surface area contributed by atoms with Crippen LogP contribution in [0.4, 0.5) is 0 Å². The van der Waals surface area contributed by atoms with Crippen molar-refractivity contribution < 1.29 is 0 Å². The monoisotopic (exact) mass is 627 g/mol. The molecular weight excluding hydrogens is 603 g/mol. The van der Waals surface area contributed by atoms with Gasteiger partial charge in [-0.3, -0.25) is 4.57 Å². The van der Waals surface area contributed by atoms with Gasteiger partial charge in [-0.2, -0.15) is 0 Å². The maximum Gasteiger partial charge on any atom is 0.165 e. The van der Waals surface area contributed by atoms with E-state index in [1.165, 1.54) is 68.8 Å². The lowest BCUT2D eigenvalue weighted by Crippen LogP contribution is -2.03. The van der Waals surface area contributed by atoms with Gasteiger partial charge in [-0.05, 0) is 50.5 Å². The van der Waals surface area contributed by atoms with Crippen molar-refractivity contribution in [3.63, 3.8) is 0 Å². The van der Waals surface area contributed by atoms with Crippen molar-refractivity contribution in [1.82, 2.24) is 14.5 Å². The molecule has 0 saturated heterocycles. The van der Waals surface area contributed by atoms with Gasteiger partial charge in [0.15, 0.2) is 5.82 Å². The molecule has 0 saturated carbocycles. The molecule has 48 heavy (non-hydrogen) atoms. The van der Waals surface area contributed by atoms with Gasteiger partial charge in [-0.25, -0.2) is 9.97 Å². The second kappa shape index (κ2) is 9.71. The molecule has 0 spiro atoms. The van der Waals surface area contributed by atoms with Crippen LogP contribution < -0.4 is 0 Å². The Balaban J connectivity index is 1.46. The third-order valence-corrected chi connectivity index (χ3v) is 11.2. The first-order valence-corrected chi connectivity index (χ1v) is 17.1. The number of rotatable bonds is 2. The zero-order valence-electron chi connectivity index (χ0n) is 25.7. The minimum atomic E-state index is 0.842. The van der Waals surface area contributed by atoms with Gasteiger partial charge in [0.2, 0.25) is 0 Å². The van der Waals surface area contributed by atoms with E-state index in [-0.39, 0.29) is 0 Å². The summed E-state index contributed by atoms with van der Waals surface area (Å²) in [5.41, 5.74) is 5.99. The van der Waals surface area contributed by atoms with E-state index in [0.29, 0.717) is 0 Å². The topological polar surface area (TPSA) is 30.7 Å². The molecule has 0 N–H and O–H groups in total. The summed E-state index contributed by atoms with van der Waals surface area (Å²) in [6.07, 6.45) is 0. The van der Waals surface area contributed by atoms with Gasteiger partial charge in [-0.15, -0.1) is 11.3 Å². The van der Waals surface area contributed by atoms with E-state index in [1.807, 2.05) is 23.5 Å². The van der Waals surface area contributed by atoms with Crippen LogP contribution in [-0.4, -0.2) is 14.5 Å². The zero-order chi connectivity index (χ0) is 31.3. The second-order valence-electron chi connectivity index (χ2n) is 12.5. The van der Waals surface area contributed by atoms with Crippen LogP contribution in [0.25, 0.3) is 102 Å². The molecule has 0 radical (unpaired) electrons. The zero-order valence-corrected chi connectivity index (χ0v) is 26.5. The van der Waals surface area contributed by atoms with Crippen LogP contribution in [0.15, 0.2) is 152 Å². The molecule has 0 fully saturated rings. The maximum absolute atomic E-state index is 5.47. The SMILES string of the molecule is c1ccc(-c2nc3ccccc3nc2-n2c3ccc4ccccc4c3c3c4ccccc4c4c5ccc6ccccc6c5sc4c32)cc1.